The van der Waals surface area contributed by atoms with Crippen LogP contribution in [0.15, 0.2) is 24.3 Å². The smallest absolute Gasteiger partial charge is 0.227 e. The number of nitrogens with one attached hydrogen (secondary N) is 2. The number of hydrogen-bond donors (Lipinski definition) is 3. The van der Waals surface area contributed by atoms with Crippen molar-refractivity contribution < 1.29 is 14.7 Å². The third-order valence-electron chi connectivity index (χ3n) is 4.89. The maximum absolute atomic E-state index is 12.1. The summed E-state index contributed by atoms with van der Waals surface area (Å²) in [6.45, 7) is 0. The molecular formula is C18H24N2O3. The van der Waals surface area contributed by atoms with Gasteiger partial charge in [-0.15, -0.1) is 0 Å². The fourth-order valence-electron chi connectivity index (χ4n) is 3.47. The molecular weight excluding hydrogens is 292 g/mol. The van der Waals surface area contributed by atoms with E-state index in [0.717, 1.165) is 36.9 Å². The van der Waals surface area contributed by atoms with Crippen LogP contribution >= 0.6 is 0 Å². The van der Waals surface area contributed by atoms with E-state index in [1.807, 2.05) is 24.3 Å². The lowest BCUT2D eigenvalue weighted by atomic mass is 9.89. The van der Waals surface area contributed by atoms with Crippen LogP contribution in [-0.4, -0.2) is 29.1 Å². The Morgan fingerprint density at radius 2 is 1.96 bits per heavy atom. The van der Waals surface area contributed by atoms with Gasteiger partial charge in [-0.05, 0) is 50.2 Å². The molecule has 124 valence electrons. The molecule has 1 aliphatic heterocycles. The third-order valence-corrected chi connectivity index (χ3v) is 4.89. The average molecular weight is 316 g/mol. The van der Waals surface area contributed by atoms with Gasteiger partial charge in [0.1, 0.15) is 0 Å². The first kappa shape index (κ1) is 16.0. The number of fused-ring (bicyclic) bond motifs is 1. The lowest BCUT2D eigenvalue weighted by molar-refractivity contribution is -0.123. The fraction of sp³-hybridized carbons (Fsp3) is 0.556. The van der Waals surface area contributed by atoms with Gasteiger partial charge in [-0.25, -0.2) is 0 Å². The molecule has 1 atom stereocenters. The number of hydrogen-bond acceptors (Lipinski definition) is 3. The molecule has 0 radical (unpaired) electrons. The molecule has 1 saturated carbocycles. The number of anilines is 1. The van der Waals surface area contributed by atoms with E-state index in [9.17, 15) is 14.7 Å². The van der Waals surface area contributed by atoms with Gasteiger partial charge in [0.2, 0.25) is 11.8 Å². The molecule has 0 saturated heterocycles. The molecule has 5 nitrogen and oxygen atoms in total. The van der Waals surface area contributed by atoms with Crippen molar-refractivity contribution in [3.05, 3.63) is 29.8 Å². The first-order chi connectivity index (χ1) is 11.1. The van der Waals surface area contributed by atoms with Gasteiger partial charge in [0.25, 0.3) is 0 Å². The van der Waals surface area contributed by atoms with E-state index in [2.05, 4.69) is 10.6 Å². The minimum atomic E-state index is -0.214. The second-order valence-corrected chi connectivity index (χ2v) is 6.66. The molecule has 1 aromatic carbocycles. The highest BCUT2D eigenvalue weighted by atomic mass is 16.3. The fourth-order valence-corrected chi connectivity index (χ4v) is 3.47. The number of benzene rings is 1. The van der Waals surface area contributed by atoms with Crippen LogP contribution in [0.5, 0.6) is 0 Å². The van der Waals surface area contributed by atoms with Crippen LogP contribution in [0.1, 0.15) is 44.1 Å². The SMILES string of the molecule is O=C(CCC1Cc2ccccc2NC1=O)NC1CCC(O)CC1. The van der Waals surface area contributed by atoms with Gasteiger partial charge in [-0.3, -0.25) is 9.59 Å². The summed E-state index contributed by atoms with van der Waals surface area (Å²) in [5.74, 6) is -0.112. The minimum Gasteiger partial charge on any atom is -0.393 e. The lowest BCUT2D eigenvalue weighted by Gasteiger charge is -2.27. The van der Waals surface area contributed by atoms with Crippen LogP contribution in [0.4, 0.5) is 5.69 Å². The number of para-hydroxylation sites is 1. The molecule has 2 aliphatic rings. The van der Waals surface area contributed by atoms with Gasteiger partial charge < -0.3 is 15.7 Å². The normalized spacial score (nSPS) is 27.0. The molecule has 5 heteroatoms. The second-order valence-electron chi connectivity index (χ2n) is 6.66. The Labute approximate surface area is 136 Å². The second kappa shape index (κ2) is 7.13. The molecule has 0 bridgehead atoms. The zero-order valence-corrected chi connectivity index (χ0v) is 13.3. The highest BCUT2D eigenvalue weighted by Crippen LogP contribution is 2.27. The number of amides is 2. The molecule has 1 fully saturated rings. The summed E-state index contributed by atoms with van der Waals surface area (Å²) in [7, 11) is 0. The summed E-state index contributed by atoms with van der Waals surface area (Å²) in [5, 5.41) is 15.4. The summed E-state index contributed by atoms with van der Waals surface area (Å²) in [5.41, 5.74) is 2.03. The van der Waals surface area contributed by atoms with Crippen molar-refractivity contribution >= 4 is 17.5 Å². The van der Waals surface area contributed by atoms with Crippen molar-refractivity contribution in [3.63, 3.8) is 0 Å². The van der Waals surface area contributed by atoms with E-state index in [1.54, 1.807) is 0 Å². The van der Waals surface area contributed by atoms with Gasteiger partial charge in [-0.1, -0.05) is 18.2 Å². The number of aliphatic hydroxyl groups excluding tert-OH is 1. The molecule has 23 heavy (non-hydrogen) atoms. The molecule has 1 aromatic rings. The molecule has 1 aliphatic carbocycles. The molecule has 2 amide bonds. The molecule has 0 spiro atoms. The number of rotatable bonds is 4. The number of carbonyl (C=O) groups is 2. The van der Waals surface area contributed by atoms with E-state index < -0.39 is 0 Å². The Hall–Kier alpha value is -1.88. The first-order valence-corrected chi connectivity index (χ1v) is 8.48. The summed E-state index contributed by atoms with van der Waals surface area (Å²) < 4.78 is 0. The Morgan fingerprint density at radius 1 is 1.22 bits per heavy atom. The van der Waals surface area contributed by atoms with Gasteiger partial charge in [0.05, 0.1) is 6.10 Å². The van der Waals surface area contributed by atoms with E-state index in [0.29, 0.717) is 19.3 Å². The van der Waals surface area contributed by atoms with Crippen molar-refractivity contribution in [2.45, 2.75) is 57.1 Å². The minimum absolute atomic E-state index is 0.0114. The van der Waals surface area contributed by atoms with Crippen LogP contribution in [0.3, 0.4) is 0 Å². The zero-order valence-electron chi connectivity index (χ0n) is 13.3. The van der Waals surface area contributed by atoms with Crippen LogP contribution in [0.2, 0.25) is 0 Å². The van der Waals surface area contributed by atoms with Gasteiger partial charge in [-0.2, -0.15) is 0 Å². The summed E-state index contributed by atoms with van der Waals surface area (Å²) in [6.07, 6.45) is 4.62. The monoisotopic (exact) mass is 316 g/mol. The summed E-state index contributed by atoms with van der Waals surface area (Å²) in [4.78, 5) is 24.2. The zero-order chi connectivity index (χ0) is 16.2. The van der Waals surface area contributed by atoms with Crippen molar-refractivity contribution in [1.29, 1.82) is 0 Å². The van der Waals surface area contributed by atoms with Crippen LogP contribution in [0, 0.1) is 5.92 Å². The molecule has 1 unspecified atom stereocenters. The largest absolute Gasteiger partial charge is 0.393 e. The Kier molecular flexibility index (Phi) is 4.96. The van der Waals surface area contributed by atoms with E-state index in [1.165, 1.54) is 0 Å². The van der Waals surface area contributed by atoms with Crippen LogP contribution in [0.25, 0.3) is 0 Å². The van der Waals surface area contributed by atoms with Crippen molar-refractivity contribution in [1.82, 2.24) is 5.32 Å². The Bertz CT molecular complexity index is 579. The van der Waals surface area contributed by atoms with Gasteiger partial charge >= 0.3 is 0 Å². The Morgan fingerprint density at radius 3 is 2.74 bits per heavy atom. The maximum Gasteiger partial charge on any atom is 0.227 e. The maximum atomic E-state index is 12.1. The first-order valence-electron chi connectivity index (χ1n) is 8.48. The van der Waals surface area contributed by atoms with Crippen molar-refractivity contribution in [2.75, 3.05) is 5.32 Å². The average Bonchev–Trinajstić information content (AvgIpc) is 2.55. The number of carbonyl (C=O) groups excluding carboxylic acids is 2. The summed E-state index contributed by atoms with van der Waals surface area (Å²) in [6, 6.07) is 7.99. The molecule has 3 rings (SSSR count). The highest BCUT2D eigenvalue weighted by molar-refractivity contribution is 5.96. The van der Waals surface area contributed by atoms with Crippen LogP contribution in [-0.2, 0) is 16.0 Å². The predicted molar refractivity (Wildman–Crippen MR) is 87.9 cm³/mol. The topological polar surface area (TPSA) is 78.4 Å². The Balaban J connectivity index is 1.47. The summed E-state index contributed by atoms with van der Waals surface area (Å²) >= 11 is 0. The third kappa shape index (κ3) is 4.10. The lowest BCUT2D eigenvalue weighted by Crippen LogP contribution is -2.39. The molecule has 0 aromatic heterocycles. The number of aliphatic hydroxyl groups is 1. The van der Waals surface area contributed by atoms with Gasteiger partial charge in [0, 0.05) is 24.1 Å². The van der Waals surface area contributed by atoms with Gasteiger partial charge in [0.15, 0.2) is 0 Å². The predicted octanol–water partition coefficient (Wildman–Crippen LogP) is 2.00. The van der Waals surface area contributed by atoms with E-state index in [-0.39, 0.29) is 29.9 Å². The van der Waals surface area contributed by atoms with E-state index in [4.69, 9.17) is 0 Å². The quantitative estimate of drug-likeness (QED) is 0.795. The standard InChI is InChI=1S/C18H24N2O3/c21-15-8-6-14(7-9-15)19-17(22)10-5-13-11-12-3-1-2-4-16(12)20-18(13)23/h1-4,13-15,21H,5-11H2,(H,19,22)(H,20,23). The van der Waals surface area contributed by atoms with Crippen molar-refractivity contribution in [3.8, 4) is 0 Å². The molecule has 3 N–H and O–H groups in total. The molecule has 1 heterocycles. The van der Waals surface area contributed by atoms with E-state index >= 15 is 0 Å². The highest BCUT2D eigenvalue weighted by Gasteiger charge is 2.27. The van der Waals surface area contributed by atoms with Crippen LogP contribution < -0.4 is 10.6 Å². The van der Waals surface area contributed by atoms with Crippen molar-refractivity contribution in [2.24, 2.45) is 5.92 Å².